The topological polar surface area (TPSA) is 69.6 Å². The minimum Gasteiger partial charge on any atom is -0.387 e. The van der Waals surface area contributed by atoms with Crippen LogP contribution in [0.2, 0.25) is 5.02 Å². The van der Waals surface area contributed by atoms with Crippen LogP contribution in [0, 0.1) is 5.92 Å². The Balaban J connectivity index is 1.37. The zero-order valence-electron chi connectivity index (χ0n) is 20.6. The van der Waals surface area contributed by atoms with Crippen LogP contribution in [-0.4, -0.2) is 35.0 Å². The first-order chi connectivity index (χ1) is 17.6. The van der Waals surface area contributed by atoms with E-state index in [4.69, 9.17) is 11.6 Å². The second-order valence-corrected chi connectivity index (χ2v) is 9.98. The predicted octanol–water partition coefficient (Wildman–Crippen LogP) is 6.22. The number of anilines is 1. The highest BCUT2D eigenvalue weighted by molar-refractivity contribution is 6.30. The summed E-state index contributed by atoms with van der Waals surface area (Å²) in [6.07, 6.45) is 0.324. The third kappa shape index (κ3) is 6.35. The number of benzene rings is 3. The van der Waals surface area contributed by atoms with Crippen LogP contribution >= 0.6 is 11.6 Å². The molecule has 0 radical (unpaired) electrons. The van der Waals surface area contributed by atoms with Crippen LogP contribution in [0.5, 0.6) is 0 Å². The van der Waals surface area contributed by atoms with Gasteiger partial charge in [-0.2, -0.15) is 8.78 Å². The van der Waals surface area contributed by atoms with E-state index in [0.29, 0.717) is 27.8 Å². The molecule has 0 heterocycles. The Bertz CT molecular complexity index is 1240. The molecular weight excluding hydrogens is 498 g/mol. The van der Waals surface area contributed by atoms with Crippen molar-refractivity contribution in [2.75, 3.05) is 12.4 Å². The van der Waals surface area contributed by atoms with Gasteiger partial charge in [0.2, 0.25) is 5.91 Å². The minimum atomic E-state index is -3.36. The highest BCUT2D eigenvalue weighted by Gasteiger charge is 2.38. The van der Waals surface area contributed by atoms with Gasteiger partial charge in [-0.1, -0.05) is 48.0 Å². The number of amides is 2. The molecule has 2 amide bonds. The van der Waals surface area contributed by atoms with Crippen molar-refractivity contribution in [3.63, 3.8) is 0 Å². The Hall–Kier alpha value is -3.29. The van der Waals surface area contributed by atoms with Crippen LogP contribution in [0.1, 0.15) is 52.9 Å². The molecule has 2 N–H and O–H groups in total. The number of hydrogen-bond acceptors (Lipinski definition) is 3. The van der Waals surface area contributed by atoms with Crippen LogP contribution in [0.15, 0.2) is 72.8 Å². The second-order valence-electron chi connectivity index (χ2n) is 9.55. The Labute approximate surface area is 220 Å². The van der Waals surface area contributed by atoms with Gasteiger partial charge in [-0.15, -0.1) is 0 Å². The number of carbonyl (C=O) groups excluding carboxylic acids is 2. The van der Waals surface area contributed by atoms with Crippen LogP contribution in [0.25, 0.3) is 0 Å². The lowest BCUT2D eigenvalue weighted by Gasteiger charge is -2.29. The van der Waals surface area contributed by atoms with Gasteiger partial charge in [0.15, 0.2) is 0 Å². The fraction of sp³-hybridized carbons (Fsp3) is 0.310. The molecule has 2 atom stereocenters. The van der Waals surface area contributed by atoms with Crippen molar-refractivity contribution >= 4 is 29.1 Å². The summed E-state index contributed by atoms with van der Waals surface area (Å²) >= 11 is 6.03. The first-order valence-electron chi connectivity index (χ1n) is 12.1. The number of alkyl halides is 2. The van der Waals surface area contributed by atoms with E-state index in [1.165, 1.54) is 24.3 Å². The lowest BCUT2D eigenvalue weighted by atomic mass is 10.00. The molecule has 0 saturated heterocycles. The highest BCUT2D eigenvalue weighted by atomic mass is 35.5. The summed E-state index contributed by atoms with van der Waals surface area (Å²) in [4.78, 5) is 27.4. The van der Waals surface area contributed by atoms with Crippen molar-refractivity contribution in [3.8, 4) is 0 Å². The third-order valence-electron chi connectivity index (χ3n) is 6.66. The molecule has 4 rings (SSSR count). The number of halogens is 3. The van der Waals surface area contributed by atoms with E-state index >= 15 is 0 Å². The molecule has 1 unspecified atom stereocenters. The summed E-state index contributed by atoms with van der Waals surface area (Å²) in [5.74, 6) is -3.37. The number of nitrogens with zero attached hydrogens (tertiary/aromatic N) is 1. The molecule has 0 spiro atoms. The summed E-state index contributed by atoms with van der Waals surface area (Å²) in [7, 11) is 1.80. The fourth-order valence-corrected chi connectivity index (χ4v) is 4.51. The molecule has 5 nitrogen and oxygen atoms in total. The van der Waals surface area contributed by atoms with E-state index in [-0.39, 0.29) is 29.8 Å². The number of hydrogen-bond donors (Lipinski definition) is 2. The number of nitrogens with one attached hydrogen (secondary N) is 1. The van der Waals surface area contributed by atoms with E-state index in [9.17, 15) is 23.5 Å². The maximum Gasteiger partial charge on any atom is 0.298 e. The van der Waals surface area contributed by atoms with Crippen LogP contribution in [0.4, 0.5) is 14.5 Å². The van der Waals surface area contributed by atoms with Crippen molar-refractivity contribution in [2.45, 2.75) is 44.3 Å². The van der Waals surface area contributed by atoms with E-state index < -0.39 is 12.0 Å². The van der Waals surface area contributed by atoms with Gasteiger partial charge in [0.05, 0.1) is 12.5 Å². The molecule has 1 fully saturated rings. The zero-order valence-corrected chi connectivity index (χ0v) is 21.4. The molecule has 1 aliphatic carbocycles. The molecule has 0 aliphatic heterocycles. The first kappa shape index (κ1) is 26.8. The molecule has 37 heavy (non-hydrogen) atoms. The number of aliphatic hydroxyl groups excluding tert-OH is 1. The van der Waals surface area contributed by atoms with Crippen molar-refractivity contribution in [1.82, 2.24) is 4.90 Å². The standard InChI is InChI=1S/C29H29ClF2N2O3/c1-18(35)29(31,32)23-11-3-19(4-12-23)17-26(36)33-25-15-9-22(10-16-25)28(37)34(2)27(20-5-6-20)21-7-13-24(30)14-8-21/h3-4,7-16,18,20,27,35H,5-6,17H2,1-2H3,(H,33,36)/t18?,27-/m1/s1. The van der Waals surface area contributed by atoms with E-state index in [2.05, 4.69) is 5.32 Å². The monoisotopic (exact) mass is 526 g/mol. The maximum atomic E-state index is 13.9. The number of rotatable bonds is 9. The lowest BCUT2D eigenvalue weighted by molar-refractivity contribution is -0.115. The Kier molecular flexibility index (Phi) is 7.95. The lowest BCUT2D eigenvalue weighted by Crippen LogP contribution is -2.32. The molecule has 0 aromatic heterocycles. The van der Waals surface area contributed by atoms with E-state index in [1.807, 2.05) is 24.3 Å². The SMILES string of the molecule is CC(O)C(F)(F)c1ccc(CC(=O)Nc2ccc(C(=O)N(C)[C@@H](c3ccc(Cl)cc3)C3CC3)cc2)cc1. The zero-order chi connectivity index (χ0) is 26.7. The Morgan fingerprint density at radius 1 is 1.03 bits per heavy atom. The van der Waals surface area contributed by atoms with Gasteiger partial charge in [0, 0.05) is 28.9 Å². The quantitative estimate of drug-likeness (QED) is 0.348. The summed E-state index contributed by atoms with van der Waals surface area (Å²) in [6.45, 7) is 1.03. The van der Waals surface area contributed by atoms with Gasteiger partial charge >= 0.3 is 0 Å². The molecule has 3 aromatic carbocycles. The van der Waals surface area contributed by atoms with Crippen LogP contribution in [-0.2, 0) is 17.1 Å². The fourth-order valence-electron chi connectivity index (χ4n) is 4.39. The van der Waals surface area contributed by atoms with Gasteiger partial charge in [0.1, 0.15) is 6.10 Å². The summed E-state index contributed by atoms with van der Waals surface area (Å²) in [5.41, 5.74) is 2.34. The molecule has 194 valence electrons. The third-order valence-corrected chi connectivity index (χ3v) is 6.91. The van der Waals surface area contributed by atoms with Crippen molar-refractivity contribution < 1.29 is 23.5 Å². The average molecular weight is 527 g/mol. The molecule has 3 aromatic rings. The Morgan fingerprint density at radius 3 is 2.16 bits per heavy atom. The number of aliphatic hydroxyl groups is 1. The van der Waals surface area contributed by atoms with Crippen LogP contribution in [0.3, 0.4) is 0 Å². The minimum absolute atomic E-state index is 0.00584. The van der Waals surface area contributed by atoms with Crippen molar-refractivity contribution in [2.24, 2.45) is 5.92 Å². The average Bonchev–Trinajstić information content (AvgIpc) is 3.70. The predicted molar refractivity (Wildman–Crippen MR) is 140 cm³/mol. The van der Waals surface area contributed by atoms with Gasteiger partial charge in [-0.05, 0) is 73.2 Å². The summed E-state index contributed by atoms with van der Waals surface area (Å²) < 4.78 is 27.9. The number of carbonyl (C=O) groups is 2. The normalized spacial score (nSPS) is 15.1. The van der Waals surface area contributed by atoms with E-state index in [1.54, 1.807) is 36.2 Å². The summed E-state index contributed by atoms with van der Waals surface area (Å²) in [5, 5.41) is 12.7. The first-order valence-corrected chi connectivity index (χ1v) is 12.5. The molecule has 1 aliphatic rings. The smallest absolute Gasteiger partial charge is 0.298 e. The maximum absolute atomic E-state index is 13.9. The molecular formula is C29H29ClF2N2O3. The Morgan fingerprint density at radius 2 is 1.62 bits per heavy atom. The molecule has 0 bridgehead atoms. The second kappa shape index (κ2) is 11.0. The summed E-state index contributed by atoms with van der Waals surface area (Å²) in [6, 6.07) is 19.6. The van der Waals surface area contributed by atoms with E-state index in [0.717, 1.165) is 25.3 Å². The van der Waals surface area contributed by atoms with Gasteiger partial charge < -0.3 is 15.3 Å². The largest absolute Gasteiger partial charge is 0.387 e. The van der Waals surface area contributed by atoms with Crippen LogP contribution < -0.4 is 5.32 Å². The van der Waals surface area contributed by atoms with Gasteiger partial charge in [-0.25, -0.2) is 0 Å². The van der Waals surface area contributed by atoms with Gasteiger partial charge in [0.25, 0.3) is 11.8 Å². The van der Waals surface area contributed by atoms with Gasteiger partial charge in [-0.3, -0.25) is 9.59 Å². The molecule has 1 saturated carbocycles. The highest BCUT2D eigenvalue weighted by Crippen LogP contribution is 2.44. The van der Waals surface area contributed by atoms with Crippen molar-refractivity contribution in [1.29, 1.82) is 0 Å². The van der Waals surface area contributed by atoms with Crippen molar-refractivity contribution in [3.05, 3.63) is 100 Å². The molecule has 8 heteroatoms.